The Hall–Kier alpha value is -2.87. The molecule has 3 aromatic rings. The Balaban J connectivity index is 1.89. The van der Waals surface area contributed by atoms with Crippen molar-refractivity contribution in [2.75, 3.05) is 22.9 Å². The maximum atomic E-state index is 10.0. The van der Waals surface area contributed by atoms with Gasteiger partial charge in [0.25, 0.3) is 0 Å². The first-order valence-corrected chi connectivity index (χ1v) is 10.1. The molecule has 0 bridgehead atoms. The molecule has 2 aromatic heterocycles. The highest BCUT2D eigenvalue weighted by molar-refractivity contribution is 5.84. The van der Waals surface area contributed by atoms with Crippen molar-refractivity contribution in [2.45, 2.75) is 58.7 Å². The first-order chi connectivity index (χ1) is 13.9. The van der Waals surface area contributed by atoms with Crippen molar-refractivity contribution >= 4 is 28.6 Å². The van der Waals surface area contributed by atoms with Gasteiger partial charge in [-0.05, 0) is 31.9 Å². The van der Waals surface area contributed by atoms with E-state index in [0.717, 1.165) is 48.2 Å². The van der Waals surface area contributed by atoms with Gasteiger partial charge in [0.1, 0.15) is 0 Å². The summed E-state index contributed by atoms with van der Waals surface area (Å²) in [7, 11) is 0. The zero-order chi connectivity index (χ0) is 20.9. The fourth-order valence-electron chi connectivity index (χ4n) is 3.01. The number of nitrogens with two attached hydrogens (primary N) is 1. The van der Waals surface area contributed by atoms with Gasteiger partial charge in [-0.3, -0.25) is 0 Å². The number of fused-ring (bicyclic) bond motifs is 1. The Labute approximate surface area is 171 Å². The number of nitrogen functional groups attached to an aromatic ring is 1. The monoisotopic (exact) mass is 397 g/mol. The number of aryl methyl sites for hydroxylation is 1. The van der Waals surface area contributed by atoms with Crippen molar-refractivity contribution in [3.63, 3.8) is 0 Å². The Morgan fingerprint density at radius 1 is 1.14 bits per heavy atom. The van der Waals surface area contributed by atoms with Gasteiger partial charge in [0.15, 0.2) is 17.0 Å². The summed E-state index contributed by atoms with van der Waals surface area (Å²) in [6.45, 7) is 7.40. The van der Waals surface area contributed by atoms with Crippen molar-refractivity contribution < 1.29 is 5.11 Å². The molecule has 0 aliphatic rings. The molecule has 0 amide bonds. The molecular formula is C21H31N7O. The van der Waals surface area contributed by atoms with E-state index in [4.69, 9.17) is 5.73 Å². The van der Waals surface area contributed by atoms with Crippen LogP contribution in [-0.4, -0.2) is 36.8 Å². The number of para-hydroxylation sites is 1. The van der Waals surface area contributed by atoms with Crippen LogP contribution in [-0.2, 0) is 13.1 Å². The van der Waals surface area contributed by atoms with Gasteiger partial charge in [-0.2, -0.15) is 9.97 Å². The molecule has 0 unspecified atom stereocenters. The summed E-state index contributed by atoms with van der Waals surface area (Å²) in [5, 5.41) is 16.5. The van der Waals surface area contributed by atoms with Crippen LogP contribution in [0.5, 0.6) is 0 Å². The number of hydrogen-bond acceptors (Lipinski definition) is 7. The van der Waals surface area contributed by atoms with Gasteiger partial charge < -0.3 is 26.0 Å². The Kier molecular flexibility index (Phi) is 6.53. The van der Waals surface area contributed by atoms with Crippen LogP contribution in [0, 0.1) is 0 Å². The largest absolute Gasteiger partial charge is 0.398 e. The van der Waals surface area contributed by atoms with Gasteiger partial charge in [0, 0.05) is 25.3 Å². The molecule has 2 heterocycles. The minimum absolute atomic E-state index is 0.341. The molecule has 0 fully saturated rings. The van der Waals surface area contributed by atoms with Crippen LogP contribution in [0.2, 0.25) is 0 Å². The van der Waals surface area contributed by atoms with E-state index in [0.29, 0.717) is 24.9 Å². The minimum atomic E-state index is -0.869. The van der Waals surface area contributed by atoms with Crippen LogP contribution >= 0.6 is 0 Å². The second-order valence-corrected chi connectivity index (χ2v) is 7.93. The fraction of sp³-hybridized carbons (Fsp3) is 0.476. The van der Waals surface area contributed by atoms with E-state index in [1.165, 1.54) is 0 Å². The molecule has 1 aromatic carbocycles. The molecule has 0 radical (unpaired) electrons. The van der Waals surface area contributed by atoms with E-state index < -0.39 is 5.60 Å². The Bertz CT molecular complexity index is 946. The SMILES string of the molecule is CCCCCn1cnc2c(NCc3ccccc3N)nc(NCC(C)(C)O)nc21. The van der Waals surface area contributed by atoms with Crippen LogP contribution < -0.4 is 16.4 Å². The van der Waals surface area contributed by atoms with Crippen LogP contribution in [0.15, 0.2) is 30.6 Å². The van der Waals surface area contributed by atoms with Crippen LogP contribution in [0.1, 0.15) is 45.6 Å². The topological polar surface area (TPSA) is 114 Å². The summed E-state index contributed by atoms with van der Waals surface area (Å²) in [6, 6.07) is 7.74. The summed E-state index contributed by atoms with van der Waals surface area (Å²) in [4.78, 5) is 13.8. The predicted molar refractivity (Wildman–Crippen MR) is 118 cm³/mol. The molecular weight excluding hydrogens is 366 g/mol. The lowest BCUT2D eigenvalue weighted by Gasteiger charge is -2.18. The first-order valence-electron chi connectivity index (χ1n) is 10.1. The molecule has 0 saturated carbocycles. The van der Waals surface area contributed by atoms with E-state index >= 15 is 0 Å². The van der Waals surface area contributed by atoms with E-state index in [2.05, 4.69) is 37.1 Å². The van der Waals surface area contributed by atoms with Gasteiger partial charge in [-0.15, -0.1) is 0 Å². The Morgan fingerprint density at radius 3 is 2.66 bits per heavy atom. The van der Waals surface area contributed by atoms with E-state index in [1.54, 1.807) is 13.8 Å². The molecule has 156 valence electrons. The van der Waals surface area contributed by atoms with Gasteiger partial charge >= 0.3 is 0 Å². The number of anilines is 3. The van der Waals surface area contributed by atoms with Crippen LogP contribution in [0.4, 0.5) is 17.5 Å². The number of aromatic nitrogens is 4. The summed E-state index contributed by atoms with van der Waals surface area (Å²) < 4.78 is 2.06. The lowest BCUT2D eigenvalue weighted by atomic mass is 10.1. The third-order valence-corrected chi connectivity index (χ3v) is 4.65. The average Bonchev–Trinajstić information content (AvgIpc) is 3.08. The third kappa shape index (κ3) is 5.57. The summed E-state index contributed by atoms with van der Waals surface area (Å²) in [5.41, 5.74) is 8.42. The number of imidazole rings is 1. The highest BCUT2D eigenvalue weighted by Crippen LogP contribution is 2.23. The third-order valence-electron chi connectivity index (χ3n) is 4.65. The van der Waals surface area contributed by atoms with Crippen LogP contribution in [0.3, 0.4) is 0 Å². The van der Waals surface area contributed by atoms with Crippen molar-refractivity contribution in [2.24, 2.45) is 0 Å². The molecule has 0 spiro atoms. The van der Waals surface area contributed by atoms with Crippen molar-refractivity contribution in [3.8, 4) is 0 Å². The van der Waals surface area contributed by atoms with Crippen LogP contribution in [0.25, 0.3) is 11.2 Å². The smallest absolute Gasteiger partial charge is 0.226 e. The molecule has 3 rings (SSSR count). The van der Waals surface area contributed by atoms with Gasteiger partial charge in [-0.25, -0.2) is 4.98 Å². The zero-order valence-electron chi connectivity index (χ0n) is 17.4. The van der Waals surface area contributed by atoms with Gasteiger partial charge in [-0.1, -0.05) is 38.0 Å². The number of nitrogens with one attached hydrogen (secondary N) is 2. The summed E-state index contributed by atoms with van der Waals surface area (Å²) in [6.07, 6.45) is 5.21. The lowest BCUT2D eigenvalue weighted by molar-refractivity contribution is 0.0943. The standard InChI is InChI=1S/C21H31N7O/c1-4-5-8-11-28-14-25-17-18(23-12-15-9-6-7-10-16(15)22)26-20(27-19(17)28)24-13-21(2,3)29/h6-7,9-10,14,29H,4-5,8,11-13,22H2,1-3H3,(H2,23,24,26,27). The van der Waals surface area contributed by atoms with E-state index in [9.17, 15) is 5.11 Å². The minimum Gasteiger partial charge on any atom is -0.398 e. The number of benzene rings is 1. The maximum absolute atomic E-state index is 10.0. The molecule has 0 aliphatic heterocycles. The number of hydrogen-bond donors (Lipinski definition) is 4. The number of nitrogens with zero attached hydrogens (tertiary/aromatic N) is 4. The zero-order valence-corrected chi connectivity index (χ0v) is 17.4. The second kappa shape index (κ2) is 9.09. The normalized spacial score (nSPS) is 11.7. The number of aliphatic hydroxyl groups is 1. The van der Waals surface area contributed by atoms with Crippen molar-refractivity contribution in [3.05, 3.63) is 36.2 Å². The van der Waals surface area contributed by atoms with Crippen molar-refractivity contribution in [1.29, 1.82) is 0 Å². The molecule has 29 heavy (non-hydrogen) atoms. The van der Waals surface area contributed by atoms with Gasteiger partial charge in [0.05, 0.1) is 11.9 Å². The second-order valence-electron chi connectivity index (χ2n) is 7.93. The number of unbranched alkanes of at least 4 members (excludes halogenated alkanes) is 2. The average molecular weight is 398 g/mol. The van der Waals surface area contributed by atoms with E-state index in [1.807, 2.05) is 30.6 Å². The maximum Gasteiger partial charge on any atom is 0.226 e. The highest BCUT2D eigenvalue weighted by Gasteiger charge is 2.16. The quantitative estimate of drug-likeness (QED) is 0.306. The molecule has 0 atom stereocenters. The first kappa shape index (κ1) is 20.9. The fourth-order valence-corrected chi connectivity index (χ4v) is 3.01. The van der Waals surface area contributed by atoms with E-state index in [-0.39, 0.29) is 0 Å². The lowest BCUT2D eigenvalue weighted by Crippen LogP contribution is -2.30. The van der Waals surface area contributed by atoms with Gasteiger partial charge in [0.2, 0.25) is 5.95 Å². The summed E-state index contributed by atoms with van der Waals surface area (Å²) >= 11 is 0. The Morgan fingerprint density at radius 2 is 1.93 bits per heavy atom. The highest BCUT2D eigenvalue weighted by atomic mass is 16.3. The number of rotatable bonds is 10. The summed E-state index contributed by atoms with van der Waals surface area (Å²) in [5.74, 6) is 1.10. The molecule has 0 aliphatic carbocycles. The molecule has 8 nitrogen and oxygen atoms in total. The van der Waals surface area contributed by atoms with Crippen molar-refractivity contribution in [1.82, 2.24) is 19.5 Å². The molecule has 8 heteroatoms. The molecule has 0 saturated heterocycles. The molecule has 5 N–H and O–H groups in total. The predicted octanol–water partition coefficient (Wildman–Crippen LogP) is 3.39.